The summed E-state index contributed by atoms with van der Waals surface area (Å²) in [4.78, 5) is 24.5. The highest BCUT2D eigenvalue weighted by molar-refractivity contribution is 6.00. The van der Waals surface area contributed by atoms with Gasteiger partial charge in [-0.25, -0.2) is 9.48 Å². The number of rotatable bonds is 3. The number of nitrogens with one attached hydrogen (secondary N) is 1. The van der Waals surface area contributed by atoms with Crippen LogP contribution >= 0.6 is 0 Å². The van der Waals surface area contributed by atoms with E-state index in [0.717, 1.165) is 5.56 Å². The summed E-state index contributed by atoms with van der Waals surface area (Å²) in [6.45, 7) is 0. The van der Waals surface area contributed by atoms with Crippen molar-refractivity contribution in [2.75, 3.05) is 5.32 Å². The minimum Gasteiger partial charge on any atom is -0.448 e. The molecule has 2 aromatic carbocycles. The van der Waals surface area contributed by atoms with Crippen LogP contribution < -0.4 is 5.32 Å². The summed E-state index contributed by atoms with van der Waals surface area (Å²) in [6.07, 6.45) is 0.945. The summed E-state index contributed by atoms with van der Waals surface area (Å²) in [7, 11) is 0. The number of tetrazole rings is 1. The highest BCUT2D eigenvalue weighted by atomic mass is 16.5. The summed E-state index contributed by atoms with van der Waals surface area (Å²) in [5.41, 5.74) is 2.58. The van der Waals surface area contributed by atoms with E-state index in [4.69, 9.17) is 4.74 Å². The SMILES string of the molecule is O=C1O[C@@H](C(=O)Nc2cccc(-n3cnnn3)c2)Cc2ccccc21. The highest BCUT2D eigenvalue weighted by Gasteiger charge is 2.31. The van der Waals surface area contributed by atoms with E-state index in [0.29, 0.717) is 23.4 Å². The van der Waals surface area contributed by atoms with Crippen molar-refractivity contribution in [2.24, 2.45) is 0 Å². The molecule has 4 rings (SSSR count). The predicted molar refractivity (Wildman–Crippen MR) is 87.1 cm³/mol. The molecule has 8 nitrogen and oxygen atoms in total. The Kier molecular flexibility index (Phi) is 3.70. The average molecular weight is 335 g/mol. The van der Waals surface area contributed by atoms with Crippen LogP contribution in [-0.4, -0.2) is 38.2 Å². The number of nitrogens with zero attached hydrogens (tertiary/aromatic N) is 4. The molecule has 1 amide bonds. The molecule has 1 aliphatic heterocycles. The third-order valence-electron chi connectivity index (χ3n) is 3.91. The Labute approximate surface area is 142 Å². The first kappa shape index (κ1) is 15.0. The number of cyclic esters (lactones) is 1. The van der Waals surface area contributed by atoms with Gasteiger partial charge in [0.15, 0.2) is 6.10 Å². The minimum atomic E-state index is -0.862. The second-order valence-corrected chi connectivity index (χ2v) is 5.55. The molecule has 124 valence electrons. The average Bonchev–Trinajstić information content (AvgIpc) is 3.17. The largest absolute Gasteiger partial charge is 0.448 e. The second-order valence-electron chi connectivity index (χ2n) is 5.55. The molecule has 0 fully saturated rings. The van der Waals surface area contributed by atoms with Gasteiger partial charge in [-0.05, 0) is 40.3 Å². The number of benzene rings is 2. The summed E-state index contributed by atoms with van der Waals surface area (Å²) in [6, 6.07) is 14.2. The molecule has 0 saturated carbocycles. The van der Waals surface area contributed by atoms with Crippen LogP contribution in [0.25, 0.3) is 5.69 Å². The van der Waals surface area contributed by atoms with E-state index in [1.807, 2.05) is 18.2 Å². The van der Waals surface area contributed by atoms with Crippen LogP contribution in [0.1, 0.15) is 15.9 Å². The lowest BCUT2D eigenvalue weighted by Gasteiger charge is -2.23. The zero-order valence-electron chi connectivity index (χ0n) is 13.0. The van der Waals surface area contributed by atoms with Crippen molar-refractivity contribution in [1.82, 2.24) is 20.2 Å². The lowest BCUT2D eigenvalue weighted by molar-refractivity contribution is -0.125. The van der Waals surface area contributed by atoms with Crippen molar-refractivity contribution in [3.8, 4) is 5.69 Å². The lowest BCUT2D eigenvalue weighted by atomic mass is 9.98. The molecule has 0 radical (unpaired) electrons. The highest BCUT2D eigenvalue weighted by Crippen LogP contribution is 2.22. The predicted octanol–water partition coefficient (Wildman–Crippen LogP) is 1.38. The van der Waals surface area contributed by atoms with E-state index in [9.17, 15) is 9.59 Å². The quantitative estimate of drug-likeness (QED) is 0.726. The van der Waals surface area contributed by atoms with E-state index < -0.39 is 12.1 Å². The van der Waals surface area contributed by atoms with Crippen LogP contribution in [0.2, 0.25) is 0 Å². The topological polar surface area (TPSA) is 99.0 Å². The first-order chi connectivity index (χ1) is 12.2. The van der Waals surface area contributed by atoms with Gasteiger partial charge in [-0.2, -0.15) is 0 Å². The van der Waals surface area contributed by atoms with Gasteiger partial charge in [-0.1, -0.05) is 24.3 Å². The van der Waals surface area contributed by atoms with E-state index in [1.165, 1.54) is 11.0 Å². The fraction of sp³-hybridized carbons (Fsp3) is 0.118. The normalized spacial score (nSPS) is 16.0. The molecule has 0 unspecified atom stereocenters. The van der Waals surface area contributed by atoms with E-state index >= 15 is 0 Å². The second kappa shape index (κ2) is 6.16. The molecular formula is C17H13N5O3. The van der Waals surface area contributed by atoms with Crippen molar-refractivity contribution < 1.29 is 14.3 Å². The zero-order chi connectivity index (χ0) is 17.2. The zero-order valence-corrected chi connectivity index (χ0v) is 13.0. The number of carbonyl (C=O) groups is 2. The number of carbonyl (C=O) groups excluding carboxylic acids is 2. The Morgan fingerprint density at radius 1 is 1.20 bits per heavy atom. The number of aromatic nitrogens is 4. The molecule has 1 atom stereocenters. The van der Waals surface area contributed by atoms with Crippen molar-refractivity contribution in [3.05, 3.63) is 66.0 Å². The minimum absolute atomic E-state index is 0.348. The Bertz CT molecular complexity index is 939. The number of hydrogen-bond acceptors (Lipinski definition) is 6. The molecule has 2 heterocycles. The number of amides is 1. The van der Waals surface area contributed by atoms with Gasteiger partial charge in [0, 0.05) is 12.1 Å². The van der Waals surface area contributed by atoms with Crippen LogP contribution in [-0.2, 0) is 16.0 Å². The molecule has 0 spiro atoms. The smallest absolute Gasteiger partial charge is 0.339 e. The molecule has 1 N–H and O–H groups in total. The number of esters is 1. The summed E-state index contributed by atoms with van der Waals surface area (Å²) in [5.74, 6) is -0.860. The fourth-order valence-electron chi connectivity index (χ4n) is 2.71. The molecule has 0 bridgehead atoms. The third-order valence-corrected chi connectivity index (χ3v) is 3.91. The van der Waals surface area contributed by atoms with E-state index in [2.05, 4.69) is 20.8 Å². The maximum atomic E-state index is 12.5. The van der Waals surface area contributed by atoms with Gasteiger partial charge < -0.3 is 10.1 Å². The molecule has 1 aromatic heterocycles. The van der Waals surface area contributed by atoms with Gasteiger partial charge in [-0.15, -0.1) is 5.10 Å². The summed E-state index contributed by atoms with van der Waals surface area (Å²) >= 11 is 0. The molecule has 1 aliphatic rings. The number of fused-ring (bicyclic) bond motifs is 1. The van der Waals surface area contributed by atoms with Crippen molar-refractivity contribution in [2.45, 2.75) is 12.5 Å². The molecule has 0 aliphatic carbocycles. The van der Waals surface area contributed by atoms with Gasteiger partial charge in [0.05, 0.1) is 11.3 Å². The van der Waals surface area contributed by atoms with Gasteiger partial charge in [-0.3, -0.25) is 4.79 Å². The van der Waals surface area contributed by atoms with Crippen molar-refractivity contribution in [1.29, 1.82) is 0 Å². The molecular weight excluding hydrogens is 322 g/mol. The Morgan fingerprint density at radius 2 is 2.08 bits per heavy atom. The van der Waals surface area contributed by atoms with E-state index in [-0.39, 0.29) is 5.91 Å². The van der Waals surface area contributed by atoms with Gasteiger partial charge in [0.2, 0.25) is 0 Å². The van der Waals surface area contributed by atoms with Crippen LogP contribution in [0.3, 0.4) is 0 Å². The maximum Gasteiger partial charge on any atom is 0.339 e. The maximum absolute atomic E-state index is 12.5. The van der Waals surface area contributed by atoms with Crippen LogP contribution in [0.5, 0.6) is 0 Å². The first-order valence-electron chi connectivity index (χ1n) is 7.64. The van der Waals surface area contributed by atoms with Gasteiger partial charge in [0.1, 0.15) is 6.33 Å². The molecule has 8 heteroatoms. The van der Waals surface area contributed by atoms with Crippen LogP contribution in [0.4, 0.5) is 5.69 Å². The van der Waals surface area contributed by atoms with Crippen molar-refractivity contribution in [3.63, 3.8) is 0 Å². The lowest BCUT2D eigenvalue weighted by Crippen LogP contribution is -2.37. The monoisotopic (exact) mass is 335 g/mol. The van der Waals surface area contributed by atoms with Gasteiger partial charge in [0.25, 0.3) is 5.91 Å². The summed E-state index contributed by atoms with van der Waals surface area (Å²) < 4.78 is 6.74. The Hall–Kier alpha value is -3.55. The Morgan fingerprint density at radius 3 is 2.92 bits per heavy atom. The molecule has 25 heavy (non-hydrogen) atoms. The number of ether oxygens (including phenoxy) is 1. The summed E-state index contributed by atoms with van der Waals surface area (Å²) in [5, 5.41) is 13.7. The fourth-order valence-corrected chi connectivity index (χ4v) is 2.71. The van der Waals surface area contributed by atoms with Crippen LogP contribution in [0, 0.1) is 0 Å². The molecule has 0 saturated heterocycles. The number of anilines is 1. The first-order valence-corrected chi connectivity index (χ1v) is 7.64. The standard InChI is InChI=1S/C17H13N5O3/c23-16(15-8-11-4-1-2-7-14(11)17(24)25-15)19-12-5-3-6-13(9-12)22-10-18-20-21-22/h1-7,9-10,15H,8H2,(H,19,23)/t15-/m1/s1. The van der Waals surface area contributed by atoms with Gasteiger partial charge >= 0.3 is 5.97 Å². The third kappa shape index (κ3) is 2.97. The Balaban J connectivity index is 1.52. The molecule has 3 aromatic rings. The van der Waals surface area contributed by atoms with Crippen LogP contribution in [0.15, 0.2) is 54.9 Å². The van der Waals surface area contributed by atoms with E-state index in [1.54, 1.807) is 30.3 Å². The van der Waals surface area contributed by atoms with Crippen molar-refractivity contribution >= 4 is 17.6 Å². The number of hydrogen-bond donors (Lipinski definition) is 1.